The van der Waals surface area contributed by atoms with Crippen LogP contribution in [0.15, 0.2) is 4.99 Å². The van der Waals surface area contributed by atoms with Crippen LogP contribution in [0.2, 0.25) is 0 Å². The lowest BCUT2D eigenvalue weighted by Crippen LogP contribution is -2.44. The zero-order valence-electron chi connectivity index (χ0n) is 13.0. The van der Waals surface area contributed by atoms with E-state index in [-0.39, 0.29) is 12.0 Å². The van der Waals surface area contributed by atoms with Gasteiger partial charge in [0.25, 0.3) is 0 Å². The van der Waals surface area contributed by atoms with Crippen LogP contribution in [0.25, 0.3) is 0 Å². The summed E-state index contributed by atoms with van der Waals surface area (Å²) in [6.45, 7) is 8.36. The number of nitrogens with zero attached hydrogens (tertiary/aromatic N) is 1. The second kappa shape index (κ2) is 10.2. The van der Waals surface area contributed by atoms with Gasteiger partial charge in [0, 0.05) is 38.4 Å². The normalized spacial score (nSPS) is 12.9. The van der Waals surface area contributed by atoms with Gasteiger partial charge in [-0.2, -0.15) is 0 Å². The summed E-state index contributed by atoms with van der Waals surface area (Å²) >= 11 is 0. The van der Waals surface area contributed by atoms with Crippen LogP contribution in [0.5, 0.6) is 0 Å². The molecule has 0 aliphatic heterocycles. The first-order valence-corrected chi connectivity index (χ1v) is 7.34. The molecule has 0 bridgehead atoms. The molecular formula is C13H28N3O2Si. The number of ether oxygens (including phenoxy) is 2. The van der Waals surface area contributed by atoms with Gasteiger partial charge >= 0.3 is 0 Å². The second-order valence-corrected chi connectivity index (χ2v) is 5.74. The third-order valence-electron chi connectivity index (χ3n) is 2.34. The quantitative estimate of drug-likeness (QED) is 0.305. The van der Waals surface area contributed by atoms with Crippen LogP contribution in [-0.4, -0.2) is 54.5 Å². The van der Waals surface area contributed by atoms with Gasteiger partial charge in [0.15, 0.2) is 12.2 Å². The number of hydrogen-bond donors (Lipinski definition) is 2. The Morgan fingerprint density at radius 2 is 1.47 bits per heavy atom. The molecule has 0 heterocycles. The number of hydrogen-bond acceptors (Lipinski definition) is 3. The lowest BCUT2D eigenvalue weighted by Gasteiger charge is -2.20. The molecule has 1 atom stereocenters. The lowest BCUT2D eigenvalue weighted by atomic mass is 10.3. The SMILES string of the molecule is COC(CCC([Si])N=C(NC(C)C)NC(C)C)OC. The molecule has 6 heteroatoms. The van der Waals surface area contributed by atoms with Crippen LogP contribution in [0.3, 0.4) is 0 Å². The van der Waals surface area contributed by atoms with E-state index in [1.807, 2.05) is 0 Å². The van der Waals surface area contributed by atoms with Crippen LogP contribution in [-0.2, 0) is 9.47 Å². The highest BCUT2D eigenvalue weighted by Crippen LogP contribution is 2.06. The Hall–Kier alpha value is -0.593. The molecule has 0 saturated heterocycles. The number of methoxy groups -OCH3 is 2. The van der Waals surface area contributed by atoms with Crippen molar-refractivity contribution >= 4 is 16.2 Å². The predicted molar refractivity (Wildman–Crippen MR) is 80.6 cm³/mol. The molecule has 111 valence electrons. The molecule has 0 rings (SSSR count). The van der Waals surface area contributed by atoms with Gasteiger partial charge in [-0.15, -0.1) is 0 Å². The van der Waals surface area contributed by atoms with Gasteiger partial charge in [-0.05, 0) is 34.1 Å². The second-order valence-electron chi connectivity index (χ2n) is 5.07. The zero-order chi connectivity index (χ0) is 14.8. The number of guanidine groups is 1. The molecular weight excluding hydrogens is 258 g/mol. The first-order chi connectivity index (χ1) is 8.88. The fourth-order valence-electron chi connectivity index (χ4n) is 1.51. The van der Waals surface area contributed by atoms with Gasteiger partial charge in [-0.25, -0.2) is 0 Å². The molecule has 0 aliphatic rings. The standard InChI is InChI=1S/C13H28N3O2Si/c1-9(2)14-13(15-10(3)4)16-11(19)7-8-12(17-5)18-6/h9-12H,7-8H2,1-6H3,(H2,14,15,16). The predicted octanol–water partition coefficient (Wildman–Crippen LogP) is 1.23. The van der Waals surface area contributed by atoms with Gasteiger partial charge in [0.2, 0.25) is 0 Å². The van der Waals surface area contributed by atoms with Crippen molar-refractivity contribution in [1.82, 2.24) is 10.6 Å². The smallest absolute Gasteiger partial charge is 0.191 e. The highest BCUT2D eigenvalue weighted by atomic mass is 28.1. The van der Waals surface area contributed by atoms with Crippen LogP contribution in [0, 0.1) is 0 Å². The Bertz CT molecular complexity index is 244. The van der Waals surface area contributed by atoms with E-state index in [2.05, 4.69) is 53.6 Å². The van der Waals surface area contributed by atoms with E-state index >= 15 is 0 Å². The van der Waals surface area contributed by atoms with E-state index in [1.165, 1.54) is 0 Å². The Kier molecular flexibility index (Phi) is 9.91. The summed E-state index contributed by atoms with van der Waals surface area (Å²) in [5, 5.41) is 6.61. The molecule has 2 N–H and O–H groups in total. The summed E-state index contributed by atoms with van der Waals surface area (Å²) in [7, 11) is 6.91. The van der Waals surface area contributed by atoms with Crippen LogP contribution < -0.4 is 10.6 Å². The van der Waals surface area contributed by atoms with Crippen molar-refractivity contribution < 1.29 is 9.47 Å². The third kappa shape index (κ3) is 9.92. The van der Waals surface area contributed by atoms with Crippen molar-refractivity contribution in [3.63, 3.8) is 0 Å². The monoisotopic (exact) mass is 286 g/mol. The summed E-state index contributed by atoms with van der Waals surface area (Å²) in [6, 6.07) is 0.684. The number of aliphatic imine (C=N–C) groups is 1. The molecule has 0 fully saturated rings. The van der Waals surface area contributed by atoms with Gasteiger partial charge < -0.3 is 20.1 Å². The molecule has 0 spiro atoms. The highest BCUT2D eigenvalue weighted by Gasteiger charge is 2.10. The molecule has 0 amide bonds. The maximum atomic E-state index is 5.16. The Morgan fingerprint density at radius 3 is 1.84 bits per heavy atom. The molecule has 19 heavy (non-hydrogen) atoms. The van der Waals surface area contributed by atoms with Gasteiger partial charge in [0.1, 0.15) is 0 Å². The number of nitrogens with one attached hydrogen (secondary N) is 2. The Balaban J connectivity index is 4.37. The molecule has 0 aromatic rings. The minimum absolute atomic E-state index is 0.0281. The van der Waals surface area contributed by atoms with Crippen molar-refractivity contribution in [3.8, 4) is 0 Å². The fraction of sp³-hybridized carbons (Fsp3) is 0.923. The summed E-state index contributed by atoms with van der Waals surface area (Å²) in [5.41, 5.74) is 0.0281. The maximum Gasteiger partial charge on any atom is 0.191 e. The minimum atomic E-state index is -0.173. The molecule has 0 aromatic carbocycles. The van der Waals surface area contributed by atoms with Crippen molar-refractivity contribution in [2.24, 2.45) is 4.99 Å². The zero-order valence-corrected chi connectivity index (χ0v) is 14.0. The van der Waals surface area contributed by atoms with Gasteiger partial charge in [0.05, 0.1) is 10.2 Å². The van der Waals surface area contributed by atoms with Gasteiger partial charge in [-0.1, -0.05) is 0 Å². The van der Waals surface area contributed by atoms with E-state index in [0.29, 0.717) is 12.1 Å². The van der Waals surface area contributed by atoms with Crippen molar-refractivity contribution in [3.05, 3.63) is 0 Å². The van der Waals surface area contributed by atoms with E-state index in [4.69, 9.17) is 9.47 Å². The topological polar surface area (TPSA) is 54.9 Å². The number of rotatable bonds is 8. The lowest BCUT2D eigenvalue weighted by molar-refractivity contribution is -0.106. The minimum Gasteiger partial charge on any atom is -0.356 e. The van der Waals surface area contributed by atoms with Crippen LogP contribution in [0.1, 0.15) is 40.5 Å². The van der Waals surface area contributed by atoms with Crippen molar-refractivity contribution in [1.29, 1.82) is 0 Å². The van der Waals surface area contributed by atoms with E-state index < -0.39 is 0 Å². The molecule has 0 aliphatic carbocycles. The average Bonchev–Trinajstić information content (AvgIpc) is 2.28. The summed E-state index contributed by atoms with van der Waals surface area (Å²) < 4.78 is 10.3. The first-order valence-electron chi connectivity index (χ1n) is 6.76. The molecule has 1 unspecified atom stereocenters. The summed E-state index contributed by atoms with van der Waals surface area (Å²) in [6.07, 6.45) is 1.46. The average molecular weight is 286 g/mol. The van der Waals surface area contributed by atoms with Gasteiger partial charge in [-0.3, -0.25) is 4.99 Å². The van der Waals surface area contributed by atoms with Crippen LogP contribution in [0.4, 0.5) is 0 Å². The highest BCUT2D eigenvalue weighted by molar-refractivity contribution is 6.12. The van der Waals surface area contributed by atoms with E-state index in [1.54, 1.807) is 14.2 Å². The summed E-state index contributed by atoms with van der Waals surface area (Å²) in [4.78, 5) is 4.59. The van der Waals surface area contributed by atoms with Crippen LogP contribution >= 0.6 is 0 Å². The molecule has 0 aromatic heterocycles. The molecule has 0 saturated carbocycles. The summed E-state index contributed by atoms with van der Waals surface area (Å²) in [5.74, 6) is 0.816. The van der Waals surface area contributed by atoms with E-state index in [9.17, 15) is 0 Å². The maximum absolute atomic E-state index is 5.16. The fourth-order valence-corrected chi connectivity index (χ4v) is 1.81. The van der Waals surface area contributed by atoms with Crippen molar-refractivity contribution in [2.75, 3.05) is 14.2 Å². The largest absolute Gasteiger partial charge is 0.356 e. The van der Waals surface area contributed by atoms with Crippen molar-refractivity contribution in [2.45, 2.75) is 64.6 Å². The van der Waals surface area contributed by atoms with E-state index in [0.717, 1.165) is 18.8 Å². The molecule has 3 radical (unpaired) electrons. The Labute approximate surface area is 121 Å². The first kappa shape index (κ1) is 18.4. The Morgan fingerprint density at radius 1 is 1.00 bits per heavy atom. The third-order valence-corrected chi connectivity index (χ3v) is 2.76. The molecule has 5 nitrogen and oxygen atoms in total.